The smallest absolute Gasteiger partial charge is 0.0242 e. The molecule has 0 spiro atoms. The molecule has 2 heteroatoms. The molecule has 96 valence electrons. The summed E-state index contributed by atoms with van der Waals surface area (Å²) >= 11 is 0. The van der Waals surface area contributed by atoms with Crippen molar-refractivity contribution in [2.45, 2.75) is 52.0 Å². The first kappa shape index (κ1) is 14.0. The van der Waals surface area contributed by atoms with Crippen LogP contribution in [0.3, 0.4) is 0 Å². The molecule has 1 N–H and O–H groups in total. The van der Waals surface area contributed by atoms with Crippen molar-refractivity contribution in [3.8, 4) is 0 Å². The Morgan fingerprint density at radius 2 is 1.69 bits per heavy atom. The molecule has 1 aliphatic carbocycles. The molecule has 2 nitrogen and oxygen atoms in total. The Morgan fingerprint density at radius 3 is 2.19 bits per heavy atom. The van der Waals surface area contributed by atoms with Crippen LogP contribution < -0.4 is 5.32 Å². The van der Waals surface area contributed by atoms with E-state index in [0.717, 1.165) is 31.0 Å². The number of likely N-dealkylation sites (N-methyl/N-ethyl adjacent to an activating group) is 1. The van der Waals surface area contributed by atoms with Crippen LogP contribution in [-0.2, 0) is 0 Å². The highest BCUT2D eigenvalue weighted by molar-refractivity contribution is 4.81. The zero-order chi connectivity index (χ0) is 12.0. The quantitative estimate of drug-likeness (QED) is 0.749. The average molecular weight is 226 g/mol. The van der Waals surface area contributed by atoms with Crippen LogP contribution in [0, 0.1) is 11.8 Å². The van der Waals surface area contributed by atoms with Crippen LogP contribution >= 0.6 is 0 Å². The summed E-state index contributed by atoms with van der Waals surface area (Å²) in [6.07, 6.45) is 7.22. The van der Waals surface area contributed by atoms with E-state index in [0.29, 0.717) is 0 Å². The summed E-state index contributed by atoms with van der Waals surface area (Å²) < 4.78 is 0. The molecule has 0 aromatic rings. The Labute approximate surface area is 102 Å². The van der Waals surface area contributed by atoms with E-state index in [-0.39, 0.29) is 0 Å². The predicted octanol–water partition coefficient (Wildman–Crippen LogP) is 2.74. The van der Waals surface area contributed by atoms with Gasteiger partial charge >= 0.3 is 0 Å². The minimum Gasteiger partial charge on any atom is -0.315 e. The van der Waals surface area contributed by atoms with Crippen molar-refractivity contribution in [1.29, 1.82) is 0 Å². The Kier molecular flexibility index (Phi) is 6.37. The van der Waals surface area contributed by atoms with Crippen molar-refractivity contribution >= 4 is 0 Å². The van der Waals surface area contributed by atoms with E-state index in [4.69, 9.17) is 0 Å². The Morgan fingerprint density at radius 1 is 1.06 bits per heavy atom. The summed E-state index contributed by atoms with van der Waals surface area (Å²) in [4.78, 5) is 2.42. The summed E-state index contributed by atoms with van der Waals surface area (Å²) in [6, 6.07) is 0.735. The van der Waals surface area contributed by atoms with Crippen molar-refractivity contribution in [3.05, 3.63) is 0 Å². The monoisotopic (exact) mass is 226 g/mol. The van der Waals surface area contributed by atoms with E-state index in [9.17, 15) is 0 Å². The van der Waals surface area contributed by atoms with Gasteiger partial charge in [0.05, 0.1) is 0 Å². The van der Waals surface area contributed by atoms with Crippen LogP contribution in [0.4, 0.5) is 0 Å². The molecule has 0 aliphatic heterocycles. The molecule has 1 saturated carbocycles. The van der Waals surface area contributed by atoms with Crippen molar-refractivity contribution in [1.82, 2.24) is 10.2 Å². The lowest BCUT2D eigenvalue weighted by Crippen LogP contribution is -2.44. The molecule has 1 aliphatic rings. The molecule has 0 heterocycles. The van der Waals surface area contributed by atoms with E-state index in [2.05, 4.69) is 38.2 Å². The first-order valence-corrected chi connectivity index (χ1v) is 6.98. The van der Waals surface area contributed by atoms with Crippen LogP contribution in [0.15, 0.2) is 0 Å². The zero-order valence-electron chi connectivity index (χ0n) is 11.6. The molecular weight excluding hydrogens is 196 g/mol. The van der Waals surface area contributed by atoms with Gasteiger partial charge in [0.1, 0.15) is 0 Å². The van der Waals surface area contributed by atoms with Gasteiger partial charge in [-0.2, -0.15) is 0 Å². The number of hydrogen-bond acceptors (Lipinski definition) is 2. The van der Waals surface area contributed by atoms with E-state index in [1.165, 1.54) is 32.1 Å². The second-order valence-electron chi connectivity index (χ2n) is 5.98. The van der Waals surface area contributed by atoms with E-state index in [1.807, 2.05) is 0 Å². The first-order valence-electron chi connectivity index (χ1n) is 6.98. The Balaban J connectivity index is 2.34. The Hall–Kier alpha value is -0.0800. The molecule has 0 amide bonds. The lowest BCUT2D eigenvalue weighted by Gasteiger charge is -2.35. The highest BCUT2D eigenvalue weighted by Crippen LogP contribution is 2.27. The largest absolute Gasteiger partial charge is 0.315 e. The predicted molar refractivity (Wildman–Crippen MR) is 71.8 cm³/mol. The van der Waals surface area contributed by atoms with Gasteiger partial charge in [-0.05, 0) is 45.3 Å². The third-order valence-electron chi connectivity index (χ3n) is 3.76. The normalized spacial score (nSPS) is 20.6. The second kappa shape index (κ2) is 7.29. The van der Waals surface area contributed by atoms with E-state index < -0.39 is 0 Å². The highest BCUT2D eigenvalue weighted by Gasteiger charge is 2.24. The van der Waals surface area contributed by atoms with Crippen molar-refractivity contribution in [2.24, 2.45) is 11.8 Å². The third kappa shape index (κ3) is 4.84. The number of rotatable bonds is 6. The summed E-state index contributed by atoms with van der Waals surface area (Å²) in [5.74, 6) is 1.68. The van der Waals surface area contributed by atoms with E-state index >= 15 is 0 Å². The maximum atomic E-state index is 3.62. The maximum Gasteiger partial charge on any atom is 0.0242 e. The van der Waals surface area contributed by atoms with Gasteiger partial charge in [0.25, 0.3) is 0 Å². The third-order valence-corrected chi connectivity index (χ3v) is 3.76. The Bertz CT molecular complexity index is 172. The molecule has 16 heavy (non-hydrogen) atoms. The number of hydrogen-bond donors (Lipinski definition) is 1. The molecule has 0 aromatic heterocycles. The van der Waals surface area contributed by atoms with Gasteiger partial charge < -0.3 is 10.2 Å². The van der Waals surface area contributed by atoms with Crippen molar-refractivity contribution in [2.75, 3.05) is 27.2 Å². The minimum atomic E-state index is 0.735. The summed E-state index contributed by atoms with van der Waals surface area (Å²) in [5.41, 5.74) is 0. The number of nitrogens with one attached hydrogen (secondary N) is 1. The SMILES string of the molecule is CC(C)CNCC(C1CCCCC1)N(C)C. The molecular formula is C14H30N2. The van der Waals surface area contributed by atoms with Gasteiger partial charge in [0.2, 0.25) is 0 Å². The van der Waals surface area contributed by atoms with Crippen LogP contribution in [-0.4, -0.2) is 38.1 Å². The fourth-order valence-corrected chi connectivity index (χ4v) is 2.81. The van der Waals surface area contributed by atoms with Gasteiger partial charge in [-0.15, -0.1) is 0 Å². The van der Waals surface area contributed by atoms with Gasteiger partial charge in [-0.1, -0.05) is 33.1 Å². The summed E-state index contributed by atoms with van der Waals surface area (Å²) in [6.45, 7) is 6.86. The molecule has 0 bridgehead atoms. The molecule has 1 rings (SSSR count). The summed E-state index contributed by atoms with van der Waals surface area (Å²) in [7, 11) is 4.46. The molecule has 0 radical (unpaired) electrons. The van der Waals surface area contributed by atoms with Gasteiger partial charge in [0, 0.05) is 12.6 Å². The lowest BCUT2D eigenvalue weighted by atomic mass is 9.83. The number of nitrogens with zero attached hydrogens (tertiary/aromatic N) is 1. The first-order chi connectivity index (χ1) is 7.61. The van der Waals surface area contributed by atoms with Crippen LogP contribution in [0.2, 0.25) is 0 Å². The standard InChI is InChI=1S/C14H30N2/c1-12(2)10-15-11-14(16(3)4)13-8-6-5-7-9-13/h12-15H,5-11H2,1-4H3. The fraction of sp³-hybridized carbons (Fsp3) is 1.00. The van der Waals surface area contributed by atoms with Gasteiger partial charge in [0.15, 0.2) is 0 Å². The van der Waals surface area contributed by atoms with E-state index in [1.54, 1.807) is 0 Å². The van der Waals surface area contributed by atoms with Crippen molar-refractivity contribution < 1.29 is 0 Å². The molecule has 0 aromatic carbocycles. The van der Waals surface area contributed by atoms with Gasteiger partial charge in [-0.3, -0.25) is 0 Å². The molecule has 0 saturated heterocycles. The second-order valence-corrected chi connectivity index (χ2v) is 5.98. The fourth-order valence-electron chi connectivity index (χ4n) is 2.81. The van der Waals surface area contributed by atoms with Crippen molar-refractivity contribution in [3.63, 3.8) is 0 Å². The van der Waals surface area contributed by atoms with Crippen LogP contribution in [0.5, 0.6) is 0 Å². The van der Waals surface area contributed by atoms with Gasteiger partial charge in [-0.25, -0.2) is 0 Å². The molecule has 1 atom stereocenters. The molecule has 1 fully saturated rings. The average Bonchev–Trinajstić information content (AvgIpc) is 2.25. The minimum absolute atomic E-state index is 0.735. The topological polar surface area (TPSA) is 15.3 Å². The molecule has 1 unspecified atom stereocenters. The highest BCUT2D eigenvalue weighted by atomic mass is 15.1. The van der Waals surface area contributed by atoms with Crippen LogP contribution in [0.1, 0.15) is 46.0 Å². The van der Waals surface area contributed by atoms with Crippen LogP contribution in [0.25, 0.3) is 0 Å². The maximum absolute atomic E-state index is 3.62. The zero-order valence-corrected chi connectivity index (χ0v) is 11.6. The lowest BCUT2D eigenvalue weighted by molar-refractivity contribution is 0.165. The summed E-state index contributed by atoms with van der Waals surface area (Å²) in [5, 5.41) is 3.62.